The van der Waals surface area contributed by atoms with Gasteiger partial charge in [-0.3, -0.25) is 0 Å². The zero-order valence-corrected chi connectivity index (χ0v) is 9.12. The summed E-state index contributed by atoms with van der Waals surface area (Å²) in [6.07, 6.45) is 4.47. The highest BCUT2D eigenvalue weighted by Gasteiger charge is 2.09. The molecule has 0 bridgehead atoms. The third-order valence-electron chi connectivity index (χ3n) is 2.34. The Bertz CT molecular complexity index is 467. The number of hydrogen-bond acceptors (Lipinski definition) is 3. The molecule has 2 aromatic heterocycles. The molecule has 2 aromatic rings. The number of aromatic nitrogens is 3. The standard InChI is InChI=1S/C10H12ClN3O/c1-6(15)2-3-7-4-12-10-8(7)9(11)13-5-14-10/h4-6,15H,2-3H2,1H3,(H,12,13,14)/t6-/m1/s1. The lowest BCUT2D eigenvalue weighted by Crippen LogP contribution is -2.01. The Morgan fingerprint density at radius 1 is 1.53 bits per heavy atom. The van der Waals surface area contributed by atoms with Crippen LogP contribution in [0.1, 0.15) is 18.9 Å². The van der Waals surface area contributed by atoms with Crippen LogP contribution >= 0.6 is 11.6 Å². The minimum absolute atomic E-state index is 0.307. The first kappa shape index (κ1) is 10.4. The molecule has 0 unspecified atom stereocenters. The van der Waals surface area contributed by atoms with E-state index in [0.29, 0.717) is 11.6 Å². The monoisotopic (exact) mass is 225 g/mol. The predicted octanol–water partition coefficient (Wildman–Crippen LogP) is 1.92. The zero-order chi connectivity index (χ0) is 10.8. The highest BCUT2D eigenvalue weighted by molar-refractivity contribution is 6.34. The molecule has 15 heavy (non-hydrogen) atoms. The Hall–Kier alpha value is -1.13. The van der Waals surface area contributed by atoms with Crippen molar-refractivity contribution in [3.8, 4) is 0 Å². The van der Waals surface area contributed by atoms with Crippen molar-refractivity contribution in [2.45, 2.75) is 25.9 Å². The van der Waals surface area contributed by atoms with Gasteiger partial charge >= 0.3 is 0 Å². The lowest BCUT2D eigenvalue weighted by atomic mass is 10.1. The van der Waals surface area contributed by atoms with E-state index in [4.69, 9.17) is 11.6 Å². The third-order valence-corrected chi connectivity index (χ3v) is 2.62. The minimum atomic E-state index is -0.307. The molecule has 0 saturated heterocycles. The predicted molar refractivity (Wildman–Crippen MR) is 58.9 cm³/mol. The normalized spacial score (nSPS) is 13.3. The number of rotatable bonds is 3. The van der Waals surface area contributed by atoms with Crippen LogP contribution in [0.3, 0.4) is 0 Å². The topological polar surface area (TPSA) is 61.8 Å². The SMILES string of the molecule is C[C@@H](O)CCc1c[nH]c2ncnc(Cl)c12. The number of hydrogen-bond donors (Lipinski definition) is 2. The first-order valence-electron chi connectivity index (χ1n) is 4.83. The van der Waals surface area contributed by atoms with E-state index < -0.39 is 0 Å². The molecule has 0 aliphatic heterocycles. The van der Waals surface area contributed by atoms with Gasteiger partial charge in [0.05, 0.1) is 11.5 Å². The minimum Gasteiger partial charge on any atom is -0.393 e. The molecular weight excluding hydrogens is 214 g/mol. The van der Waals surface area contributed by atoms with Crippen LogP contribution in [-0.4, -0.2) is 26.2 Å². The van der Waals surface area contributed by atoms with Gasteiger partial charge in [0.15, 0.2) is 0 Å². The van der Waals surface area contributed by atoms with Crippen molar-refractivity contribution in [3.63, 3.8) is 0 Å². The summed E-state index contributed by atoms with van der Waals surface area (Å²) in [6.45, 7) is 1.77. The Balaban J connectivity index is 2.35. The van der Waals surface area contributed by atoms with Gasteiger partial charge in [-0.2, -0.15) is 0 Å². The van der Waals surface area contributed by atoms with Crippen LogP contribution in [0.15, 0.2) is 12.5 Å². The van der Waals surface area contributed by atoms with Crippen LogP contribution in [0.5, 0.6) is 0 Å². The van der Waals surface area contributed by atoms with Gasteiger partial charge in [0.1, 0.15) is 17.1 Å². The van der Waals surface area contributed by atoms with Gasteiger partial charge < -0.3 is 10.1 Å². The number of nitrogens with one attached hydrogen (secondary N) is 1. The molecule has 2 heterocycles. The Kier molecular flexibility index (Phi) is 2.88. The molecule has 0 radical (unpaired) electrons. The van der Waals surface area contributed by atoms with Gasteiger partial charge in [0.2, 0.25) is 0 Å². The summed E-state index contributed by atoms with van der Waals surface area (Å²) >= 11 is 5.99. The van der Waals surface area contributed by atoms with E-state index in [-0.39, 0.29) is 6.10 Å². The average molecular weight is 226 g/mol. The molecule has 1 atom stereocenters. The van der Waals surface area contributed by atoms with Crippen LogP contribution in [0.4, 0.5) is 0 Å². The van der Waals surface area contributed by atoms with Gasteiger partial charge in [-0.05, 0) is 25.3 Å². The highest BCUT2D eigenvalue weighted by Crippen LogP contribution is 2.24. The molecule has 2 N–H and O–H groups in total. The van der Waals surface area contributed by atoms with Crippen LogP contribution < -0.4 is 0 Å². The number of aliphatic hydroxyl groups is 1. The van der Waals surface area contributed by atoms with E-state index in [1.54, 1.807) is 6.92 Å². The second kappa shape index (κ2) is 4.16. The first-order chi connectivity index (χ1) is 7.18. The summed E-state index contributed by atoms with van der Waals surface area (Å²) in [7, 11) is 0. The number of aromatic amines is 1. The van der Waals surface area contributed by atoms with E-state index >= 15 is 0 Å². The molecule has 0 fully saturated rings. The second-order valence-corrected chi connectivity index (χ2v) is 3.95. The van der Waals surface area contributed by atoms with Crippen LogP contribution in [-0.2, 0) is 6.42 Å². The van der Waals surface area contributed by atoms with Crippen molar-refractivity contribution in [2.24, 2.45) is 0 Å². The smallest absolute Gasteiger partial charge is 0.142 e. The van der Waals surface area contributed by atoms with E-state index in [1.165, 1.54) is 6.33 Å². The summed E-state index contributed by atoms with van der Waals surface area (Å²) in [4.78, 5) is 11.1. The van der Waals surface area contributed by atoms with E-state index in [0.717, 1.165) is 23.0 Å². The number of H-pyrrole nitrogens is 1. The van der Waals surface area contributed by atoms with Crippen molar-refractivity contribution >= 4 is 22.6 Å². The van der Waals surface area contributed by atoms with Crippen LogP contribution in [0, 0.1) is 0 Å². The first-order valence-corrected chi connectivity index (χ1v) is 5.21. The summed E-state index contributed by atoms with van der Waals surface area (Å²) < 4.78 is 0. The molecule has 0 amide bonds. The third kappa shape index (κ3) is 2.11. The average Bonchev–Trinajstić information content (AvgIpc) is 2.59. The van der Waals surface area contributed by atoms with Crippen molar-refractivity contribution in [1.82, 2.24) is 15.0 Å². The fourth-order valence-corrected chi connectivity index (χ4v) is 1.80. The number of fused-ring (bicyclic) bond motifs is 1. The quantitative estimate of drug-likeness (QED) is 0.785. The maximum Gasteiger partial charge on any atom is 0.142 e. The lowest BCUT2D eigenvalue weighted by Gasteiger charge is -2.02. The summed E-state index contributed by atoms with van der Waals surface area (Å²) in [5.74, 6) is 0. The summed E-state index contributed by atoms with van der Waals surface area (Å²) in [6, 6.07) is 0. The van der Waals surface area contributed by atoms with E-state index in [9.17, 15) is 5.11 Å². The molecule has 0 spiro atoms. The van der Waals surface area contributed by atoms with Crippen LogP contribution in [0.2, 0.25) is 5.15 Å². The maximum atomic E-state index is 9.22. The van der Waals surface area contributed by atoms with E-state index in [1.807, 2.05) is 6.20 Å². The molecule has 5 heteroatoms. The van der Waals surface area contributed by atoms with Crippen molar-refractivity contribution in [1.29, 1.82) is 0 Å². The van der Waals surface area contributed by atoms with Crippen molar-refractivity contribution in [2.75, 3.05) is 0 Å². The molecule has 4 nitrogen and oxygen atoms in total. The maximum absolute atomic E-state index is 9.22. The number of halogens is 1. The molecule has 0 aliphatic carbocycles. The Morgan fingerprint density at radius 3 is 3.07 bits per heavy atom. The summed E-state index contributed by atoms with van der Waals surface area (Å²) in [5.41, 5.74) is 1.80. The zero-order valence-electron chi connectivity index (χ0n) is 8.37. The lowest BCUT2D eigenvalue weighted by molar-refractivity contribution is 0.185. The highest BCUT2D eigenvalue weighted by atomic mass is 35.5. The second-order valence-electron chi connectivity index (χ2n) is 3.59. The number of aliphatic hydroxyl groups excluding tert-OH is 1. The van der Waals surface area contributed by atoms with Crippen LogP contribution in [0.25, 0.3) is 11.0 Å². The van der Waals surface area contributed by atoms with Gasteiger partial charge in [0, 0.05) is 6.20 Å². The molecule has 0 aromatic carbocycles. The van der Waals surface area contributed by atoms with Gasteiger partial charge in [-0.1, -0.05) is 11.6 Å². The van der Waals surface area contributed by atoms with Gasteiger partial charge in [0.25, 0.3) is 0 Å². The largest absolute Gasteiger partial charge is 0.393 e. The molecule has 0 aliphatic rings. The number of nitrogens with zero attached hydrogens (tertiary/aromatic N) is 2. The van der Waals surface area contributed by atoms with Gasteiger partial charge in [-0.15, -0.1) is 0 Å². The van der Waals surface area contributed by atoms with Gasteiger partial charge in [-0.25, -0.2) is 9.97 Å². The Labute approximate surface area is 92.3 Å². The molecule has 80 valence electrons. The van der Waals surface area contributed by atoms with Crippen molar-refractivity contribution in [3.05, 3.63) is 23.2 Å². The molecule has 2 rings (SSSR count). The summed E-state index contributed by atoms with van der Waals surface area (Å²) in [5, 5.41) is 10.5. The molecule has 0 saturated carbocycles. The fourth-order valence-electron chi connectivity index (χ4n) is 1.55. The van der Waals surface area contributed by atoms with E-state index in [2.05, 4.69) is 15.0 Å². The van der Waals surface area contributed by atoms with Crippen molar-refractivity contribution < 1.29 is 5.11 Å². The number of aryl methyl sites for hydroxylation is 1. The fraction of sp³-hybridized carbons (Fsp3) is 0.400. The molecular formula is C10H12ClN3O. The Morgan fingerprint density at radius 2 is 2.33 bits per heavy atom.